The summed E-state index contributed by atoms with van der Waals surface area (Å²) in [5, 5.41) is 1.80. The van der Waals surface area contributed by atoms with E-state index in [1.165, 1.54) is 15.6 Å². The van der Waals surface area contributed by atoms with Crippen molar-refractivity contribution in [3.63, 3.8) is 0 Å². The predicted octanol–water partition coefficient (Wildman–Crippen LogP) is 3.28. The van der Waals surface area contributed by atoms with E-state index >= 15 is 0 Å². The zero-order valence-corrected chi connectivity index (χ0v) is 18.9. The smallest absolute Gasteiger partial charge is 0.282 e. The highest BCUT2D eigenvalue weighted by Gasteiger charge is 2.32. The maximum atomic E-state index is 13.1. The second kappa shape index (κ2) is 7.56. The highest BCUT2D eigenvalue weighted by Crippen LogP contribution is 2.26. The number of hydrogen-bond donors (Lipinski definition) is 1. The molecule has 3 aromatic heterocycles. The Hall–Kier alpha value is -2.53. The molecule has 0 aliphatic carbocycles. The number of nitrogens with one attached hydrogen (secondary N) is 1. The number of hydrogen-bond acceptors (Lipinski definition) is 6. The van der Waals surface area contributed by atoms with E-state index in [1.807, 2.05) is 13.0 Å². The lowest BCUT2D eigenvalue weighted by molar-refractivity contribution is 0.0697. The number of carbonyl (C=O) groups is 1. The van der Waals surface area contributed by atoms with Crippen molar-refractivity contribution in [3.8, 4) is 0 Å². The molecule has 1 aliphatic heterocycles. The molecular formula is C20H18ClN5O3S2. The monoisotopic (exact) mass is 475 g/mol. The molecule has 11 heteroatoms. The van der Waals surface area contributed by atoms with Gasteiger partial charge in [-0.15, -0.1) is 11.3 Å². The molecule has 0 atom stereocenters. The average Bonchev–Trinajstić information content (AvgIpc) is 3.37. The van der Waals surface area contributed by atoms with Gasteiger partial charge in [0.15, 0.2) is 5.01 Å². The predicted molar refractivity (Wildman–Crippen MR) is 120 cm³/mol. The zero-order chi connectivity index (χ0) is 21.8. The van der Waals surface area contributed by atoms with Gasteiger partial charge < -0.3 is 9.88 Å². The fourth-order valence-corrected chi connectivity index (χ4v) is 6.15. The van der Waals surface area contributed by atoms with Gasteiger partial charge in [-0.3, -0.25) is 9.78 Å². The Balaban J connectivity index is 1.32. The molecule has 1 fully saturated rings. The van der Waals surface area contributed by atoms with Crippen LogP contribution in [0.1, 0.15) is 15.5 Å². The first kappa shape index (κ1) is 20.4. The lowest BCUT2D eigenvalue weighted by Crippen LogP contribution is -2.50. The van der Waals surface area contributed by atoms with Crippen molar-refractivity contribution >= 4 is 60.0 Å². The van der Waals surface area contributed by atoms with Gasteiger partial charge in [-0.2, -0.15) is 4.31 Å². The van der Waals surface area contributed by atoms with Crippen LogP contribution in [0.25, 0.3) is 21.1 Å². The van der Waals surface area contributed by atoms with Crippen LogP contribution in [0.15, 0.2) is 41.6 Å². The number of thiazole rings is 1. The Bertz CT molecular complexity index is 1420. The van der Waals surface area contributed by atoms with Crippen molar-refractivity contribution in [1.29, 1.82) is 0 Å². The summed E-state index contributed by atoms with van der Waals surface area (Å²) >= 11 is 7.30. The number of pyridine rings is 1. The van der Waals surface area contributed by atoms with Crippen molar-refractivity contribution in [2.24, 2.45) is 0 Å². The number of sulfonamides is 1. The maximum absolute atomic E-state index is 13.1. The van der Waals surface area contributed by atoms with Crippen molar-refractivity contribution in [2.75, 3.05) is 26.2 Å². The van der Waals surface area contributed by atoms with Crippen LogP contribution < -0.4 is 0 Å². The Morgan fingerprint density at radius 2 is 1.94 bits per heavy atom. The number of aromatic nitrogens is 3. The van der Waals surface area contributed by atoms with Crippen LogP contribution in [0.4, 0.5) is 0 Å². The molecule has 1 aliphatic rings. The molecule has 1 aromatic carbocycles. The van der Waals surface area contributed by atoms with Crippen LogP contribution in [0, 0.1) is 6.92 Å². The molecule has 0 bridgehead atoms. The third-order valence-corrected chi connectivity index (χ3v) is 8.35. The van der Waals surface area contributed by atoms with Crippen molar-refractivity contribution in [3.05, 3.63) is 52.3 Å². The first-order valence-electron chi connectivity index (χ1n) is 9.62. The fourth-order valence-electron chi connectivity index (χ4n) is 3.65. The number of benzene rings is 1. The van der Waals surface area contributed by atoms with Gasteiger partial charge in [0.2, 0.25) is 0 Å². The first-order valence-corrected chi connectivity index (χ1v) is 12.3. The summed E-state index contributed by atoms with van der Waals surface area (Å²) in [6, 6.07) is 8.62. The number of halogens is 1. The number of carbonyl (C=O) groups excluding carboxylic acids is 1. The molecule has 5 rings (SSSR count). The van der Waals surface area contributed by atoms with Crippen LogP contribution in [-0.2, 0) is 10.0 Å². The van der Waals surface area contributed by atoms with E-state index < -0.39 is 10.0 Å². The summed E-state index contributed by atoms with van der Waals surface area (Å²) in [5.74, 6) is -0.184. The number of amides is 1. The number of aryl methyl sites for hydroxylation is 1. The Kier molecular flexibility index (Phi) is 4.97. The fraction of sp³-hybridized carbons (Fsp3) is 0.250. The summed E-state index contributed by atoms with van der Waals surface area (Å²) in [5.41, 5.74) is 2.30. The van der Waals surface area contributed by atoms with Gasteiger partial charge in [-0.05, 0) is 37.3 Å². The van der Waals surface area contributed by atoms with Crippen LogP contribution in [0.2, 0.25) is 5.02 Å². The SMILES string of the molecule is Cc1cc2nc(C(=O)N3CCN(S(=O)(=O)c4cc5cc(Cl)ccc5[nH]4)CC3)sc2cn1. The molecular weight excluding hydrogens is 458 g/mol. The second-order valence-corrected chi connectivity index (χ2v) is 10.7. The summed E-state index contributed by atoms with van der Waals surface area (Å²) in [6.45, 7) is 2.92. The van der Waals surface area contributed by atoms with Crippen molar-refractivity contribution < 1.29 is 13.2 Å². The number of nitrogens with zero attached hydrogens (tertiary/aromatic N) is 4. The van der Waals surface area contributed by atoms with E-state index in [9.17, 15) is 13.2 Å². The van der Waals surface area contributed by atoms with Gasteiger partial charge in [0.05, 0.1) is 10.2 Å². The van der Waals surface area contributed by atoms with Gasteiger partial charge in [-0.25, -0.2) is 13.4 Å². The summed E-state index contributed by atoms with van der Waals surface area (Å²) < 4.78 is 28.4. The lowest BCUT2D eigenvalue weighted by Gasteiger charge is -2.33. The van der Waals surface area contributed by atoms with Crippen molar-refractivity contribution in [2.45, 2.75) is 11.9 Å². The second-order valence-electron chi connectivity index (χ2n) is 7.37. The van der Waals surface area contributed by atoms with Crippen LogP contribution in [-0.4, -0.2) is 64.7 Å². The Morgan fingerprint density at radius 3 is 2.71 bits per heavy atom. The lowest BCUT2D eigenvalue weighted by atomic mass is 10.2. The summed E-state index contributed by atoms with van der Waals surface area (Å²) in [6.07, 6.45) is 1.72. The highest BCUT2D eigenvalue weighted by molar-refractivity contribution is 7.89. The zero-order valence-electron chi connectivity index (χ0n) is 16.5. The van der Waals surface area contributed by atoms with E-state index in [1.54, 1.807) is 35.4 Å². The molecule has 0 radical (unpaired) electrons. The largest absolute Gasteiger partial charge is 0.345 e. The topological polar surface area (TPSA) is 99.3 Å². The van der Waals surface area contributed by atoms with Gasteiger partial charge >= 0.3 is 0 Å². The van der Waals surface area contributed by atoms with Gasteiger partial charge in [-0.1, -0.05) is 11.6 Å². The quantitative estimate of drug-likeness (QED) is 0.490. The molecule has 1 N–H and O–H groups in total. The van der Waals surface area contributed by atoms with Gasteiger partial charge in [0.1, 0.15) is 5.03 Å². The van der Waals surface area contributed by atoms with Gasteiger partial charge in [0.25, 0.3) is 15.9 Å². The molecule has 8 nitrogen and oxygen atoms in total. The summed E-state index contributed by atoms with van der Waals surface area (Å²) in [4.78, 5) is 26.2. The maximum Gasteiger partial charge on any atom is 0.282 e. The number of piperazine rings is 1. The van der Waals surface area contributed by atoms with E-state index in [0.717, 1.165) is 21.3 Å². The molecule has 0 spiro atoms. The van der Waals surface area contributed by atoms with Crippen LogP contribution in [0.5, 0.6) is 0 Å². The van der Waals surface area contributed by atoms with E-state index in [2.05, 4.69) is 15.0 Å². The molecule has 0 saturated carbocycles. The van der Waals surface area contributed by atoms with E-state index in [-0.39, 0.29) is 24.0 Å². The molecule has 1 amide bonds. The third kappa shape index (κ3) is 3.69. The summed E-state index contributed by atoms with van der Waals surface area (Å²) in [7, 11) is -3.70. The van der Waals surface area contributed by atoms with E-state index in [0.29, 0.717) is 28.6 Å². The van der Waals surface area contributed by atoms with Crippen LogP contribution in [0.3, 0.4) is 0 Å². The molecule has 4 heterocycles. The van der Waals surface area contributed by atoms with Crippen molar-refractivity contribution in [1.82, 2.24) is 24.2 Å². The molecule has 31 heavy (non-hydrogen) atoms. The molecule has 1 saturated heterocycles. The third-order valence-electron chi connectivity index (χ3n) is 5.30. The Labute approximate surface area is 187 Å². The minimum atomic E-state index is -3.70. The van der Waals surface area contributed by atoms with Gasteiger partial charge in [0, 0.05) is 54.0 Å². The number of fused-ring (bicyclic) bond motifs is 2. The molecule has 0 unspecified atom stereocenters. The standard InChI is InChI=1S/C20H18ClN5O3S2/c1-12-8-16-17(11-22-12)30-19(24-16)20(27)25-4-6-26(7-5-25)31(28,29)18-10-13-9-14(21)2-3-15(13)23-18/h2-3,8-11,23H,4-7H2,1H3. The molecule has 4 aromatic rings. The minimum absolute atomic E-state index is 0.124. The average molecular weight is 476 g/mol. The normalized spacial score (nSPS) is 15.7. The first-order chi connectivity index (χ1) is 14.8. The minimum Gasteiger partial charge on any atom is -0.345 e. The molecule has 160 valence electrons. The van der Waals surface area contributed by atoms with Crippen LogP contribution >= 0.6 is 22.9 Å². The van der Waals surface area contributed by atoms with E-state index in [4.69, 9.17) is 11.6 Å². The Morgan fingerprint density at radius 1 is 1.16 bits per heavy atom. The number of H-pyrrole nitrogens is 1. The highest BCUT2D eigenvalue weighted by atomic mass is 35.5. The number of aromatic amines is 1. The number of rotatable bonds is 3.